The van der Waals surface area contributed by atoms with Crippen LogP contribution in [0.4, 0.5) is 14.5 Å². The molecule has 21 heavy (non-hydrogen) atoms. The third kappa shape index (κ3) is 4.72. The highest BCUT2D eigenvalue weighted by molar-refractivity contribution is 6.45. The fourth-order valence-corrected chi connectivity index (χ4v) is 1.33. The van der Waals surface area contributed by atoms with Gasteiger partial charge in [-0.3, -0.25) is 10.8 Å². The van der Waals surface area contributed by atoms with Gasteiger partial charge in [0.2, 0.25) is 5.71 Å². The van der Waals surface area contributed by atoms with Crippen molar-refractivity contribution in [2.75, 3.05) is 12.0 Å². The molecule has 0 aliphatic rings. The molecule has 6 nitrogen and oxygen atoms in total. The summed E-state index contributed by atoms with van der Waals surface area (Å²) < 4.78 is 32.7. The quantitative estimate of drug-likeness (QED) is 0.310. The fraction of sp³-hybridized carbons (Fsp3) is 0.308. The van der Waals surface area contributed by atoms with Crippen LogP contribution in [-0.4, -0.2) is 18.2 Å². The minimum absolute atomic E-state index is 0.0695. The van der Waals surface area contributed by atoms with Gasteiger partial charge in [-0.05, 0) is 6.42 Å². The number of benzene rings is 1. The van der Waals surface area contributed by atoms with Crippen LogP contribution in [0.2, 0.25) is 0 Å². The highest BCUT2D eigenvalue weighted by Gasteiger charge is 2.12. The zero-order valence-corrected chi connectivity index (χ0v) is 11.4. The second kappa shape index (κ2) is 7.79. The van der Waals surface area contributed by atoms with Gasteiger partial charge in [-0.1, -0.05) is 13.3 Å². The zero-order valence-electron chi connectivity index (χ0n) is 11.4. The molecule has 0 atom stereocenters. The monoisotopic (exact) mass is 295 g/mol. The number of hydrogen-bond acceptors (Lipinski definition) is 5. The zero-order chi connectivity index (χ0) is 15.8. The average molecular weight is 295 g/mol. The largest absolute Gasteiger partial charge is 0.493 e. The molecule has 4 N–H and O–H groups in total. The minimum atomic E-state index is -0.925. The molecular formula is C13H15F2N5O. The minimum Gasteiger partial charge on any atom is -0.493 e. The number of hydrazone groups is 1. The number of nitriles is 1. The number of halogens is 2. The Balaban J connectivity index is 2.90. The van der Waals surface area contributed by atoms with E-state index in [-0.39, 0.29) is 5.75 Å². The van der Waals surface area contributed by atoms with Crippen molar-refractivity contribution in [3.8, 4) is 11.8 Å². The lowest BCUT2D eigenvalue weighted by Gasteiger charge is -2.09. The van der Waals surface area contributed by atoms with E-state index in [1.165, 1.54) is 6.07 Å². The number of hydrogen-bond donors (Lipinski definition) is 3. The SMILES string of the molecule is CCCCOc1cc(F)c(N/N=C(\C#N)C(=N)N)c(F)c1. The van der Waals surface area contributed by atoms with Crippen LogP contribution in [-0.2, 0) is 0 Å². The maximum atomic E-state index is 13.8. The van der Waals surface area contributed by atoms with Crippen LogP contribution in [0, 0.1) is 28.4 Å². The Morgan fingerprint density at radius 2 is 2.10 bits per heavy atom. The highest BCUT2D eigenvalue weighted by atomic mass is 19.1. The molecule has 112 valence electrons. The number of amidine groups is 1. The lowest BCUT2D eigenvalue weighted by Crippen LogP contribution is -2.22. The predicted molar refractivity (Wildman–Crippen MR) is 75.3 cm³/mol. The van der Waals surface area contributed by atoms with Crippen LogP contribution in [0.5, 0.6) is 5.75 Å². The molecular weight excluding hydrogens is 280 g/mol. The van der Waals surface area contributed by atoms with E-state index in [1.54, 1.807) is 0 Å². The van der Waals surface area contributed by atoms with Crippen molar-refractivity contribution in [3.63, 3.8) is 0 Å². The van der Waals surface area contributed by atoms with Crippen LogP contribution in [0.25, 0.3) is 0 Å². The van der Waals surface area contributed by atoms with Crippen molar-refractivity contribution in [2.45, 2.75) is 19.8 Å². The summed E-state index contributed by atoms with van der Waals surface area (Å²) in [5.74, 6) is -2.39. The maximum Gasteiger partial charge on any atom is 0.201 e. The second-order valence-corrected chi connectivity index (χ2v) is 4.06. The molecule has 0 unspecified atom stereocenters. The number of ether oxygens (including phenoxy) is 1. The van der Waals surface area contributed by atoms with Gasteiger partial charge in [-0.25, -0.2) is 8.78 Å². The van der Waals surface area contributed by atoms with Gasteiger partial charge in [-0.2, -0.15) is 10.4 Å². The Hall–Kier alpha value is -2.69. The second-order valence-electron chi connectivity index (χ2n) is 4.06. The van der Waals surface area contributed by atoms with Gasteiger partial charge in [0, 0.05) is 12.1 Å². The average Bonchev–Trinajstić information content (AvgIpc) is 2.42. The lowest BCUT2D eigenvalue weighted by atomic mass is 10.2. The summed E-state index contributed by atoms with van der Waals surface area (Å²) in [5.41, 5.74) is 6.09. The third-order valence-electron chi connectivity index (χ3n) is 2.42. The molecule has 0 aromatic heterocycles. The summed E-state index contributed by atoms with van der Waals surface area (Å²) in [5, 5.41) is 19.0. The number of nitrogens with two attached hydrogens (primary N) is 1. The molecule has 1 aromatic rings. The topological polar surface area (TPSA) is 107 Å². The van der Waals surface area contributed by atoms with Gasteiger partial charge < -0.3 is 10.5 Å². The van der Waals surface area contributed by atoms with Crippen LogP contribution in [0.1, 0.15) is 19.8 Å². The van der Waals surface area contributed by atoms with Gasteiger partial charge in [0.25, 0.3) is 0 Å². The number of anilines is 1. The van der Waals surface area contributed by atoms with E-state index < -0.39 is 28.9 Å². The van der Waals surface area contributed by atoms with Gasteiger partial charge in [-0.15, -0.1) is 0 Å². The van der Waals surface area contributed by atoms with E-state index in [4.69, 9.17) is 21.1 Å². The van der Waals surface area contributed by atoms with Crippen molar-refractivity contribution in [1.82, 2.24) is 0 Å². The molecule has 0 saturated carbocycles. The molecule has 0 saturated heterocycles. The van der Waals surface area contributed by atoms with E-state index in [2.05, 4.69) is 5.10 Å². The molecule has 1 aromatic carbocycles. The lowest BCUT2D eigenvalue weighted by molar-refractivity contribution is 0.306. The van der Waals surface area contributed by atoms with Gasteiger partial charge in [0.05, 0.1) is 6.61 Å². The molecule has 1 rings (SSSR count). The van der Waals surface area contributed by atoms with Crippen LogP contribution in [0.15, 0.2) is 17.2 Å². The number of nitrogens with one attached hydrogen (secondary N) is 2. The first-order chi connectivity index (χ1) is 9.99. The predicted octanol–water partition coefficient (Wildman–Crippen LogP) is 2.37. The van der Waals surface area contributed by atoms with Gasteiger partial charge >= 0.3 is 0 Å². The van der Waals surface area contributed by atoms with Crippen molar-refractivity contribution in [1.29, 1.82) is 10.7 Å². The Morgan fingerprint density at radius 3 is 2.57 bits per heavy atom. The number of unbranched alkanes of at least 4 members (excludes halogenated alkanes) is 1. The summed E-state index contributed by atoms with van der Waals surface area (Å²) >= 11 is 0. The molecule has 0 heterocycles. The molecule has 0 spiro atoms. The molecule has 0 aliphatic carbocycles. The molecule has 0 amide bonds. The van der Waals surface area contributed by atoms with Crippen molar-refractivity contribution in [2.24, 2.45) is 10.8 Å². The summed E-state index contributed by atoms with van der Waals surface area (Å²) in [6.07, 6.45) is 1.68. The highest BCUT2D eigenvalue weighted by Crippen LogP contribution is 2.25. The first kappa shape index (κ1) is 16.4. The molecule has 0 aliphatic heterocycles. The fourth-order valence-electron chi connectivity index (χ4n) is 1.33. The van der Waals surface area contributed by atoms with E-state index in [0.717, 1.165) is 25.0 Å². The molecule has 0 radical (unpaired) electrons. The molecule has 8 heteroatoms. The molecule has 0 bridgehead atoms. The Morgan fingerprint density at radius 1 is 1.48 bits per heavy atom. The third-order valence-corrected chi connectivity index (χ3v) is 2.42. The summed E-state index contributed by atoms with van der Waals surface area (Å²) in [6.45, 7) is 2.33. The van der Waals surface area contributed by atoms with Crippen LogP contribution >= 0.6 is 0 Å². The van der Waals surface area contributed by atoms with Gasteiger partial charge in [0.15, 0.2) is 17.5 Å². The van der Waals surface area contributed by atoms with Crippen molar-refractivity contribution < 1.29 is 13.5 Å². The summed E-state index contributed by atoms with van der Waals surface area (Å²) in [6, 6.07) is 3.55. The number of nitrogens with zero attached hydrogens (tertiary/aromatic N) is 2. The van der Waals surface area contributed by atoms with Crippen LogP contribution < -0.4 is 15.9 Å². The van der Waals surface area contributed by atoms with Gasteiger partial charge in [0.1, 0.15) is 17.5 Å². The van der Waals surface area contributed by atoms with Crippen molar-refractivity contribution >= 4 is 17.2 Å². The Labute approximate surface area is 120 Å². The van der Waals surface area contributed by atoms with E-state index in [1.807, 2.05) is 12.3 Å². The summed E-state index contributed by atoms with van der Waals surface area (Å²) in [4.78, 5) is 0. The smallest absolute Gasteiger partial charge is 0.201 e. The number of rotatable bonds is 7. The Kier molecular flexibility index (Phi) is 6.07. The summed E-state index contributed by atoms with van der Waals surface area (Å²) in [7, 11) is 0. The first-order valence-electron chi connectivity index (χ1n) is 6.19. The maximum absolute atomic E-state index is 13.8. The standard InChI is InChI=1S/C13H15F2N5O/c1-2-3-4-21-8-5-9(14)12(10(15)6-8)20-19-11(7-16)13(17)18/h5-6,20H,2-4H2,1H3,(H3,17,18)/b19-11+. The van der Waals surface area contributed by atoms with Crippen molar-refractivity contribution in [3.05, 3.63) is 23.8 Å². The van der Waals surface area contributed by atoms with Crippen LogP contribution in [0.3, 0.4) is 0 Å². The Bertz CT molecular complexity index is 572. The van der Waals surface area contributed by atoms with E-state index in [9.17, 15) is 8.78 Å². The van der Waals surface area contributed by atoms with E-state index >= 15 is 0 Å². The normalized spacial score (nSPS) is 10.9. The van der Waals surface area contributed by atoms with E-state index in [0.29, 0.717) is 6.61 Å². The first-order valence-corrected chi connectivity index (χ1v) is 6.19. The molecule has 0 fully saturated rings.